The number of benzene rings is 1. The highest BCUT2D eigenvalue weighted by molar-refractivity contribution is 7.09. The van der Waals surface area contributed by atoms with Crippen LogP contribution in [0.1, 0.15) is 11.4 Å². The minimum absolute atomic E-state index is 0.0928. The smallest absolute Gasteiger partial charge is 0.242 e. The molecule has 0 N–H and O–H groups in total. The molecule has 0 unspecified atom stereocenters. The second-order valence-electron chi connectivity index (χ2n) is 5.65. The van der Waals surface area contributed by atoms with Crippen molar-refractivity contribution in [2.45, 2.75) is 6.42 Å². The SMILES string of the molecule is CN(CC(=O)N1CCOCC1)c1nc(Cc2ccc(Cl)cc2)ns1. The van der Waals surface area contributed by atoms with Crippen LogP contribution in [-0.2, 0) is 16.0 Å². The zero-order valence-electron chi connectivity index (χ0n) is 13.4. The number of anilines is 1. The molecule has 128 valence electrons. The quantitative estimate of drug-likeness (QED) is 0.810. The normalized spacial score (nSPS) is 14.7. The number of carbonyl (C=O) groups excluding carboxylic acids is 1. The number of hydrogen-bond acceptors (Lipinski definition) is 6. The van der Waals surface area contributed by atoms with Gasteiger partial charge in [-0.3, -0.25) is 4.79 Å². The van der Waals surface area contributed by atoms with E-state index in [1.54, 1.807) is 0 Å². The number of rotatable bonds is 5. The van der Waals surface area contributed by atoms with E-state index >= 15 is 0 Å². The highest BCUT2D eigenvalue weighted by Gasteiger charge is 2.19. The van der Waals surface area contributed by atoms with Crippen molar-refractivity contribution in [2.24, 2.45) is 0 Å². The van der Waals surface area contributed by atoms with Crippen molar-refractivity contribution in [3.8, 4) is 0 Å². The van der Waals surface area contributed by atoms with Crippen LogP contribution in [0.5, 0.6) is 0 Å². The van der Waals surface area contributed by atoms with Gasteiger partial charge in [0.15, 0.2) is 0 Å². The third kappa shape index (κ3) is 4.43. The Morgan fingerprint density at radius 2 is 2.04 bits per heavy atom. The Hall–Kier alpha value is -1.70. The van der Waals surface area contributed by atoms with Crippen LogP contribution in [-0.4, -0.2) is 60.1 Å². The van der Waals surface area contributed by atoms with Gasteiger partial charge in [0, 0.05) is 43.1 Å². The van der Waals surface area contributed by atoms with Crippen molar-refractivity contribution in [3.05, 3.63) is 40.7 Å². The minimum atomic E-state index is 0.0928. The van der Waals surface area contributed by atoms with Gasteiger partial charge in [-0.15, -0.1) is 0 Å². The number of hydrogen-bond donors (Lipinski definition) is 0. The summed E-state index contributed by atoms with van der Waals surface area (Å²) in [5.74, 6) is 0.846. The first kappa shape index (κ1) is 17.1. The number of nitrogens with zero attached hydrogens (tertiary/aromatic N) is 4. The zero-order valence-corrected chi connectivity index (χ0v) is 15.0. The summed E-state index contributed by atoms with van der Waals surface area (Å²) in [5.41, 5.74) is 1.11. The average molecular weight is 367 g/mol. The first-order valence-corrected chi connectivity index (χ1v) is 8.90. The van der Waals surface area contributed by atoms with Crippen LogP contribution >= 0.6 is 23.1 Å². The van der Waals surface area contributed by atoms with Crippen LogP contribution < -0.4 is 4.90 Å². The lowest BCUT2D eigenvalue weighted by molar-refractivity contribution is -0.133. The first-order valence-electron chi connectivity index (χ1n) is 7.75. The largest absolute Gasteiger partial charge is 0.378 e. The van der Waals surface area contributed by atoms with Crippen molar-refractivity contribution in [2.75, 3.05) is 44.8 Å². The molecule has 1 aliphatic rings. The van der Waals surface area contributed by atoms with Gasteiger partial charge in [-0.2, -0.15) is 4.37 Å². The van der Waals surface area contributed by atoms with Crippen LogP contribution in [0.15, 0.2) is 24.3 Å². The Morgan fingerprint density at radius 3 is 2.75 bits per heavy atom. The van der Waals surface area contributed by atoms with E-state index in [1.807, 2.05) is 41.1 Å². The fourth-order valence-electron chi connectivity index (χ4n) is 2.44. The summed E-state index contributed by atoms with van der Waals surface area (Å²) in [4.78, 5) is 20.5. The van der Waals surface area contributed by atoms with Crippen LogP contribution in [0.25, 0.3) is 0 Å². The summed E-state index contributed by atoms with van der Waals surface area (Å²) in [5, 5.41) is 1.47. The molecule has 1 amide bonds. The van der Waals surface area contributed by atoms with Gasteiger partial charge in [0.25, 0.3) is 0 Å². The van der Waals surface area contributed by atoms with E-state index in [9.17, 15) is 4.79 Å². The van der Waals surface area contributed by atoms with Crippen molar-refractivity contribution in [1.82, 2.24) is 14.3 Å². The van der Waals surface area contributed by atoms with Crippen LogP contribution in [0.3, 0.4) is 0 Å². The van der Waals surface area contributed by atoms with Crippen LogP contribution in [0.2, 0.25) is 5.02 Å². The van der Waals surface area contributed by atoms with E-state index in [0.29, 0.717) is 44.3 Å². The van der Waals surface area contributed by atoms with Gasteiger partial charge >= 0.3 is 0 Å². The molecule has 0 radical (unpaired) electrons. The molecule has 0 bridgehead atoms. The summed E-state index contributed by atoms with van der Waals surface area (Å²) in [6, 6.07) is 7.65. The highest BCUT2D eigenvalue weighted by atomic mass is 35.5. The van der Waals surface area contributed by atoms with Gasteiger partial charge in [0.1, 0.15) is 5.82 Å². The lowest BCUT2D eigenvalue weighted by atomic mass is 10.1. The molecule has 0 aliphatic carbocycles. The second kappa shape index (κ2) is 7.92. The van der Waals surface area contributed by atoms with Gasteiger partial charge in [-0.05, 0) is 17.7 Å². The van der Waals surface area contributed by atoms with Gasteiger partial charge in [0.05, 0.1) is 19.8 Å². The number of aromatic nitrogens is 2. The first-order chi connectivity index (χ1) is 11.6. The molecular formula is C16H19ClN4O2S. The lowest BCUT2D eigenvalue weighted by Gasteiger charge is -2.28. The second-order valence-corrected chi connectivity index (χ2v) is 6.81. The monoisotopic (exact) mass is 366 g/mol. The highest BCUT2D eigenvalue weighted by Crippen LogP contribution is 2.19. The fourth-order valence-corrected chi connectivity index (χ4v) is 3.21. The fraction of sp³-hybridized carbons (Fsp3) is 0.438. The number of carbonyl (C=O) groups is 1. The zero-order chi connectivity index (χ0) is 16.9. The molecular weight excluding hydrogens is 348 g/mol. The summed E-state index contributed by atoms with van der Waals surface area (Å²) < 4.78 is 9.66. The number of amides is 1. The van der Waals surface area contributed by atoms with E-state index in [1.165, 1.54) is 11.5 Å². The number of halogens is 1. The van der Waals surface area contributed by atoms with Gasteiger partial charge in [-0.25, -0.2) is 4.98 Å². The molecule has 8 heteroatoms. The maximum absolute atomic E-state index is 12.3. The molecule has 24 heavy (non-hydrogen) atoms. The van der Waals surface area contributed by atoms with E-state index < -0.39 is 0 Å². The molecule has 1 fully saturated rings. The molecule has 1 aromatic carbocycles. The molecule has 1 aromatic heterocycles. The molecule has 1 aliphatic heterocycles. The van der Waals surface area contributed by atoms with Crippen LogP contribution in [0.4, 0.5) is 5.13 Å². The maximum atomic E-state index is 12.3. The third-order valence-corrected chi connectivity index (χ3v) is 4.92. The van der Waals surface area contributed by atoms with Crippen molar-refractivity contribution < 1.29 is 9.53 Å². The number of likely N-dealkylation sites (N-methyl/N-ethyl adjacent to an activating group) is 1. The maximum Gasteiger partial charge on any atom is 0.242 e. The third-order valence-electron chi connectivity index (χ3n) is 3.80. The Kier molecular flexibility index (Phi) is 5.65. The predicted molar refractivity (Wildman–Crippen MR) is 94.8 cm³/mol. The topological polar surface area (TPSA) is 58.6 Å². The van der Waals surface area contributed by atoms with Crippen LogP contribution in [0, 0.1) is 0 Å². The summed E-state index contributed by atoms with van der Waals surface area (Å²) in [6.45, 7) is 2.84. The molecule has 6 nitrogen and oxygen atoms in total. The summed E-state index contributed by atoms with van der Waals surface area (Å²) in [7, 11) is 1.87. The predicted octanol–water partition coefficient (Wildman–Crippen LogP) is 2.08. The Balaban J connectivity index is 1.57. The van der Waals surface area contributed by atoms with E-state index in [-0.39, 0.29) is 5.91 Å². The molecule has 2 aromatic rings. The molecule has 2 heterocycles. The van der Waals surface area contributed by atoms with Gasteiger partial charge in [-0.1, -0.05) is 23.7 Å². The molecule has 3 rings (SSSR count). The van der Waals surface area contributed by atoms with Crippen molar-refractivity contribution in [3.63, 3.8) is 0 Å². The van der Waals surface area contributed by atoms with Crippen molar-refractivity contribution >= 4 is 34.2 Å². The van der Waals surface area contributed by atoms with E-state index in [2.05, 4.69) is 9.36 Å². The molecule has 1 saturated heterocycles. The Morgan fingerprint density at radius 1 is 1.33 bits per heavy atom. The molecule has 0 saturated carbocycles. The minimum Gasteiger partial charge on any atom is -0.378 e. The summed E-state index contributed by atoms with van der Waals surface area (Å²) >= 11 is 7.21. The van der Waals surface area contributed by atoms with E-state index in [4.69, 9.17) is 16.3 Å². The molecule has 0 atom stereocenters. The number of ether oxygens (including phenoxy) is 1. The Bertz CT molecular complexity index is 686. The van der Waals surface area contributed by atoms with Gasteiger partial charge in [0.2, 0.25) is 11.0 Å². The Labute approximate surface area is 150 Å². The van der Waals surface area contributed by atoms with Crippen molar-refractivity contribution in [1.29, 1.82) is 0 Å². The number of morpholine rings is 1. The lowest BCUT2D eigenvalue weighted by Crippen LogP contribution is -2.45. The summed E-state index contributed by atoms with van der Waals surface area (Å²) in [6.07, 6.45) is 0.652. The van der Waals surface area contributed by atoms with E-state index in [0.717, 1.165) is 16.5 Å². The standard InChI is InChI=1S/C16H19ClN4O2S/c1-20(11-15(22)21-6-8-23-9-7-21)16-18-14(19-24-16)10-12-2-4-13(17)5-3-12/h2-5H,6-11H2,1H3. The van der Waals surface area contributed by atoms with Gasteiger partial charge < -0.3 is 14.5 Å². The molecule has 0 spiro atoms. The average Bonchev–Trinajstić information content (AvgIpc) is 3.06.